The van der Waals surface area contributed by atoms with Crippen molar-refractivity contribution in [1.29, 1.82) is 0 Å². The van der Waals surface area contributed by atoms with Crippen LogP contribution in [0.5, 0.6) is 11.5 Å². The van der Waals surface area contributed by atoms with Gasteiger partial charge in [-0.2, -0.15) is 0 Å². The van der Waals surface area contributed by atoms with Gasteiger partial charge in [-0.3, -0.25) is 14.7 Å². The van der Waals surface area contributed by atoms with E-state index in [0.29, 0.717) is 29.1 Å². The van der Waals surface area contributed by atoms with Crippen LogP contribution >= 0.6 is 0 Å². The van der Waals surface area contributed by atoms with Gasteiger partial charge in [0.05, 0.1) is 11.3 Å². The maximum atomic E-state index is 13.8. The average molecular weight is 478 g/mol. The molecule has 0 unspecified atom stereocenters. The third-order valence-corrected chi connectivity index (χ3v) is 6.88. The third kappa shape index (κ3) is 3.85. The Morgan fingerprint density at radius 1 is 0.861 bits per heavy atom. The Morgan fingerprint density at radius 3 is 2.31 bits per heavy atom. The number of hydrogen-bond acceptors (Lipinski definition) is 4. The van der Waals surface area contributed by atoms with Crippen molar-refractivity contribution in [3.05, 3.63) is 118 Å². The molecule has 2 heterocycles. The summed E-state index contributed by atoms with van der Waals surface area (Å²) in [6.45, 7) is 4.21. The third-order valence-electron chi connectivity index (χ3n) is 6.88. The molecule has 1 aliphatic heterocycles. The fourth-order valence-corrected chi connectivity index (χ4v) is 5.36. The molecule has 2 aliphatic rings. The lowest BCUT2D eigenvalue weighted by Crippen LogP contribution is -2.35. The maximum Gasteiger partial charge on any atom is 0.277 e. The van der Waals surface area contributed by atoms with Crippen LogP contribution in [0.15, 0.2) is 101 Å². The molecule has 0 fully saturated rings. The highest BCUT2D eigenvalue weighted by Gasteiger charge is 2.43. The Kier molecular flexibility index (Phi) is 5.18. The largest absolute Gasteiger partial charge is 0.457 e. The first-order valence-corrected chi connectivity index (χ1v) is 12.2. The fourth-order valence-electron chi connectivity index (χ4n) is 5.36. The SMILES string of the molecule is CC1(C)CC(=O)C2=C(C1)Nc1[nH]n(-c3ccccc3)c(=O)c1[C@@H]2c1cccc(Oc2ccccc2)c1. The van der Waals surface area contributed by atoms with Crippen LogP contribution in [0.3, 0.4) is 0 Å². The summed E-state index contributed by atoms with van der Waals surface area (Å²) in [6.07, 6.45) is 1.17. The van der Waals surface area contributed by atoms with Crippen molar-refractivity contribution in [2.45, 2.75) is 32.6 Å². The van der Waals surface area contributed by atoms with Crippen molar-refractivity contribution < 1.29 is 9.53 Å². The van der Waals surface area contributed by atoms with Crippen molar-refractivity contribution in [2.24, 2.45) is 5.41 Å². The van der Waals surface area contributed by atoms with E-state index in [4.69, 9.17) is 4.74 Å². The molecule has 0 bridgehead atoms. The Balaban J connectivity index is 1.51. The zero-order chi connectivity index (χ0) is 24.9. The monoisotopic (exact) mass is 477 g/mol. The molecule has 36 heavy (non-hydrogen) atoms. The Bertz CT molecular complexity index is 1550. The van der Waals surface area contributed by atoms with E-state index in [1.54, 1.807) is 4.68 Å². The summed E-state index contributed by atoms with van der Waals surface area (Å²) in [4.78, 5) is 27.4. The van der Waals surface area contributed by atoms with Crippen LogP contribution in [-0.4, -0.2) is 15.6 Å². The number of allylic oxidation sites excluding steroid dienone is 2. The zero-order valence-corrected chi connectivity index (χ0v) is 20.2. The van der Waals surface area contributed by atoms with Gasteiger partial charge in [-0.15, -0.1) is 0 Å². The van der Waals surface area contributed by atoms with Gasteiger partial charge in [-0.05, 0) is 53.8 Å². The zero-order valence-electron chi connectivity index (χ0n) is 20.2. The van der Waals surface area contributed by atoms with E-state index in [9.17, 15) is 9.59 Å². The number of aromatic nitrogens is 2. The normalized spacial score (nSPS) is 18.3. The van der Waals surface area contributed by atoms with E-state index in [1.165, 1.54) is 0 Å². The molecule has 0 spiro atoms. The van der Waals surface area contributed by atoms with Gasteiger partial charge in [0.1, 0.15) is 17.3 Å². The van der Waals surface area contributed by atoms with E-state index in [1.807, 2.05) is 84.9 Å². The molecule has 0 amide bonds. The number of anilines is 1. The van der Waals surface area contributed by atoms with Gasteiger partial charge in [0.15, 0.2) is 5.78 Å². The summed E-state index contributed by atoms with van der Waals surface area (Å²) in [5.41, 5.74) is 3.35. The number of aromatic amines is 1. The summed E-state index contributed by atoms with van der Waals surface area (Å²) < 4.78 is 7.64. The second-order valence-corrected chi connectivity index (χ2v) is 10.3. The number of H-pyrrole nitrogens is 1. The summed E-state index contributed by atoms with van der Waals surface area (Å²) >= 11 is 0. The summed E-state index contributed by atoms with van der Waals surface area (Å²) in [7, 11) is 0. The Labute approximate surface area is 209 Å². The van der Waals surface area contributed by atoms with Crippen LogP contribution in [0.4, 0.5) is 5.82 Å². The highest BCUT2D eigenvalue weighted by molar-refractivity contribution is 6.01. The predicted molar refractivity (Wildman–Crippen MR) is 140 cm³/mol. The van der Waals surface area contributed by atoms with E-state index in [-0.39, 0.29) is 16.8 Å². The van der Waals surface area contributed by atoms with E-state index >= 15 is 0 Å². The molecule has 1 aromatic heterocycles. The van der Waals surface area contributed by atoms with Crippen LogP contribution in [0, 0.1) is 5.41 Å². The average Bonchev–Trinajstić information content (AvgIpc) is 3.19. The lowest BCUT2D eigenvalue weighted by molar-refractivity contribution is -0.118. The topological polar surface area (TPSA) is 76.1 Å². The number of nitrogens with one attached hydrogen (secondary N) is 2. The predicted octanol–water partition coefficient (Wildman–Crippen LogP) is 6.16. The minimum absolute atomic E-state index is 0.0747. The molecule has 1 atom stereocenters. The number of hydrogen-bond donors (Lipinski definition) is 2. The number of ether oxygens (including phenoxy) is 1. The van der Waals surface area contributed by atoms with Gasteiger partial charge < -0.3 is 10.1 Å². The lowest BCUT2D eigenvalue weighted by Gasteiger charge is -2.37. The molecule has 4 aromatic rings. The van der Waals surface area contributed by atoms with Gasteiger partial charge in [0, 0.05) is 23.6 Å². The van der Waals surface area contributed by atoms with Crippen molar-refractivity contribution in [2.75, 3.05) is 5.32 Å². The molecular formula is C30H27N3O3. The first kappa shape index (κ1) is 22.2. The molecule has 6 nitrogen and oxygen atoms in total. The first-order chi connectivity index (χ1) is 17.4. The van der Waals surface area contributed by atoms with Crippen LogP contribution in [0.1, 0.15) is 43.7 Å². The van der Waals surface area contributed by atoms with E-state index < -0.39 is 5.92 Å². The molecule has 0 saturated carbocycles. The minimum Gasteiger partial charge on any atom is -0.457 e. The first-order valence-electron chi connectivity index (χ1n) is 12.2. The number of benzene rings is 3. The summed E-state index contributed by atoms with van der Waals surface area (Å²) in [5.74, 6) is 1.60. The van der Waals surface area contributed by atoms with E-state index in [2.05, 4.69) is 24.3 Å². The number of rotatable bonds is 4. The number of ketones is 1. The molecule has 3 aromatic carbocycles. The van der Waals surface area contributed by atoms with Crippen molar-refractivity contribution in [3.63, 3.8) is 0 Å². The number of para-hydroxylation sites is 2. The molecular weight excluding hydrogens is 450 g/mol. The molecule has 6 rings (SSSR count). The van der Waals surface area contributed by atoms with Gasteiger partial charge in [0.2, 0.25) is 0 Å². The highest BCUT2D eigenvalue weighted by Crippen LogP contribution is 2.48. The van der Waals surface area contributed by atoms with Gasteiger partial charge in [-0.25, -0.2) is 4.68 Å². The van der Waals surface area contributed by atoms with Gasteiger partial charge in [0.25, 0.3) is 5.56 Å². The van der Waals surface area contributed by atoms with Crippen molar-refractivity contribution in [3.8, 4) is 17.2 Å². The van der Waals surface area contributed by atoms with Crippen LogP contribution in [0.25, 0.3) is 5.69 Å². The quantitative estimate of drug-likeness (QED) is 0.369. The minimum atomic E-state index is -0.493. The smallest absolute Gasteiger partial charge is 0.277 e. The fraction of sp³-hybridized carbons (Fsp3) is 0.200. The summed E-state index contributed by atoms with van der Waals surface area (Å²) in [5, 5.41) is 6.69. The van der Waals surface area contributed by atoms with Crippen molar-refractivity contribution in [1.82, 2.24) is 9.78 Å². The number of Topliss-reactive ketones (excluding diaryl/α,β-unsaturated/α-hetero) is 1. The second-order valence-electron chi connectivity index (χ2n) is 10.3. The number of nitrogens with zero attached hydrogens (tertiary/aromatic N) is 1. The van der Waals surface area contributed by atoms with Crippen molar-refractivity contribution >= 4 is 11.6 Å². The summed E-state index contributed by atoms with van der Waals surface area (Å²) in [6, 6.07) is 26.7. The Hall–Kier alpha value is -4.32. The van der Waals surface area contributed by atoms with Gasteiger partial charge in [-0.1, -0.05) is 62.4 Å². The molecule has 1 aliphatic carbocycles. The molecule has 0 radical (unpaired) electrons. The maximum absolute atomic E-state index is 13.8. The Morgan fingerprint density at radius 2 is 1.56 bits per heavy atom. The molecule has 0 saturated heterocycles. The number of carbonyl (C=O) groups excluding carboxylic acids is 1. The number of carbonyl (C=O) groups is 1. The lowest BCUT2D eigenvalue weighted by atomic mass is 9.69. The molecule has 180 valence electrons. The van der Waals surface area contributed by atoms with E-state index in [0.717, 1.165) is 29.1 Å². The van der Waals surface area contributed by atoms with Gasteiger partial charge >= 0.3 is 0 Å². The standard InChI is InChI=1S/C30H27N3O3/c1-30(2)17-23-26(24(34)18-30)25(19-10-9-15-22(16-19)36-21-13-7-4-8-14-21)27-28(31-23)32-33(29(27)35)20-11-5-3-6-12-20/h3-16,25,31-32H,17-18H2,1-2H3/t25-/m1/s1. The molecule has 6 heteroatoms. The van der Waals surface area contributed by atoms with Crippen LogP contribution in [0.2, 0.25) is 0 Å². The second kappa shape index (κ2) is 8.41. The number of fused-ring (bicyclic) bond motifs is 1. The highest BCUT2D eigenvalue weighted by atomic mass is 16.5. The van der Waals surface area contributed by atoms with Crippen LogP contribution < -0.4 is 15.6 Å². The van der Waals surface area contributed by atoms with Crippen LogP contribution in [-0.2, 0) is 4.79 Å². The molecule has 2 N–H and O–H groups in total.